The van der Waals surface area contributed by atoms with Gasteiger partial charge in [0.2, 0.25) is 0 Å². The predicted molar refractivity (Wildman–Crippen MR) is 42.9 cm³/mol. The zero-order valence-electron chi connectivity index (χ0n) is 6.35. The highest BCUT2D eigenvalue weighted by Gasteiger charge is 2.48. The fourth-order valence-electron chi connectivity index (χ4n) is 3.02. The summed E-state index contributed by atoms with van der Waals surface area (Å²) in [5, 5.41) is 9.60. The van der Waals surface area contributed by atoms with Gasteiger partial charge in [-0.2, -0.15) is 0 Å². The quantitative estimate of drug-likeness (QED) is 0.514. The predicted octanol–water partition coefficient (Wildman–Crippen LogP) is 1.36. The standard InChI is InChI=1S/C10H12O/c11-9-4-3-8-6-1-2-7(5-6)10(8)9/h1-4,6-11H,5H2/t6-,7-,8+,9-,10+/m1/s1. The Balaban J connectivity index is 2.02. The average Bonchev–Trinajstić information content (AvgIpc) is 2.60. The Labute approximate surface area is 66.4 Å². The van der Waals surface area contributed by atoms with Crippen LogP contribution in [0.1, 0.15) is 6.42 Å². The van der Waals surface area contributed by atoms with Crippen molar-refractivity contribution in [2.45, 2.75) is 12.5 Å². The van der Waals surface area contributed by atoms with E-state index in [1.807, 2.05) is 6.08 Å². The normalized spacial score (nSPS) is 57.4. The lowest BCUT2D eigenvalue weighted by molar-refractivity contribution is 0.132. The topological polar surface area (TPSA) is 20.2 Å². The third-order valence-corrected chi connectivity index (χ3v) is 3.51. The Kier molecular flexibility index (Phi) is 0.972. The van der Waals surface area contributed by atoms with Gasteiger partial charge in [0, 0.05) is 5.92 Å². The Morgan fingerprint density at radius 3 is 2.64 bits per heavy atom. The van der Waals surface area contributed by atoms with Gasteiger partial charge in [-0.25, -0.2) is 0 Å². The molecule has 1 heteroatoms. The van der Waals surface area contributed by atoms with Crippen molar-refractivity contribution >= 4 is 0 Å². The molecule has 0 saturated heterocycles. The van der Waals surface area contributed by atoms with Crippen LogP contribution < -0.4 is 0 Å². The minimum Gasteiger partial charge on any atom is -0.389 e. The SMILES string of the molecule is O[C@@H]1C=C[C@@H]2[C@@H]1[C@@H]1C=C[C@@H]2C1. The molecular formula is C10H12O. The number of rotatable bonds is 0. The monoisotopic (exact) mass is 148 g/mol. The summed E-state index contributed by atoms with van der Waals surface area (Å²) in [7, 11) is 0. The molecule has 5 atom stereocenters. The maximum Gasteiger partial charge on any atom is 0.0760 e. The van der Waals surface area contributed by atoms with E-state index in [1.165, 1.54) is 6.42 Å². The molecule has 3 aliphatic rings. The van der Waals surface area contributed by atoms with E-state index < -0.39 is 0 Å². The number of aliphatic hydroxyl groups is 1. The summed E-state index contributed by atoms with van der Waals surface area (Å²) in [6.45, 7) is 0. The molecule has 0 amide bonds. The van der Waals surface area contributed by atoms with Gasteiger partial charge in [0.15, 0.2) is 0 Å². The smallest absolute Gasteiger partial charge is 0.0760 e. The van der Waals surface area contributed by atoms with Crippen molar-refractivity contribution in [1.82, 2.24) is 0 Å². The second kappa shape index (κ2) is 1.78. The number of hydrogen-bond acceptors (Lipinski definition) is 1. The molecule has 0 unspecified atom stereocenters. The first-order chi connectivity index (χ1) is 5.36. The lowest BCUT2D eigenvalue weighted by Crippen LogP contribution is -2.23. The molecule has 11 heavy (non-hydrogen) atoms. The van der Waals surface area contributed by atoms with Crippen molar-refractivity contribution in [3.63, 3.8) is 0 Å². The van der Waals surface area contributed by atoms with Crippen LogP contribution >= 0.6 is 0 Å². The maximum atomic E-state index is 9.60. The molecule has 0 aliphatic heterocycles. The lowest BCUT2D eigenvalue weighted by atomic mass is 9.84. The molecule has 1 saturated carbocycles. The van der Waals surface area contributed by atoms with Gasteiger partial charge in [0.1, 0.15) is 0 Å². The number of allylic oxidation sites excluding steroid dienone is 3. The van der Waals surface area contributed by atoms with Gasteiger partial charge in [-0.1, -0.05) is 24.3 Å². The third-order valence-electron chi connectivity index (χ3n) is 3.51. The molecule has 2 bridgehead atoms. The number of hydrogen-bond donors (Lipinski definition) is 1. The van der Waals surface area contributed by atoms with Crippen molar-refractivity contribution in [3.8, 4) is 0 Å². The van der Waals surface area contributed by atoms with Crippen molar-refractivity contribution in [2.75, 3.05) is 0 Å². The van der Waals surface area contributed by atoms with Crippen LogP contribution in [0.2, 0.25) is 0 Å². The molecule has 0 heterocycles. The summed E-state index contributed by atoms with van der Waals surface area (Å²) in [6.07, 6.45) is 9.94. The average molecular weight is 148 g/mol. The van der Waals surface area contributed by atoms with E-state index in [-0.39, 0.29) is 6.10 Å². The van der Waals surface area contributed by atoms with Crippen molar-refractivity contribution < 1.29 is 5.11 Å². The van der Waals surface area contributed by atoms with Crippen LogP contribution in [0.25, 0.3) is 0 Å². The Morgan fingerprint density at radius 2 is 1.82 bits per heavy atom. The van der Waals surface area contributed by atoms with Gasteiger partial charge >= 0.3 is 0 Å². The highest BCUT2D eigenvalue weighted by atomic mass is 16.3. The van der Waals surface area contributed by atoms with E-state index >= 15 is 0 Å². The number of aliphatic hydroxyl groups excluding tert-OH is 1. The van der Waals surface area contributed by atoms with Crippen LogP contribution in [-0.4, -0.2) is 11.2 Å². The van der Waals surface area contributed by atoms with Crippen molar-refractivity contribution in [2.24, 2.45) is 23.7 Å². The summed E-state index contributed by atoms with van der Waals surface area (Å²) >= 11 is 0. The molecule has 1 nitrogen and oxygen atoms in total. The Morgan fingerprint density at radius 1 is 1.00 bits per heavy atom. The van der Waals surface area contributed by atoms with E-state index in [4.69, 9.17) is 0 Å². The van der Waals surface area contributed by atoms with Gasteiger partial charge in [-0.3, -0.25) is 0 Å². The molecule has 0 aromatic rings. The molecule has 3 rings (SSSR count). The summed E-state index contributed by atoms with van der Waals surface area (Å²) < 4.78 is 0. The maximum absolute atomic E-state index is 9.60. The van der Waals surface area contributed by atoms with Gasteiger partial charge in [0.25, 0.3) is 0 Å². The van der Waals surface area contributed by atoms with Crippen molar-refractivity contribution in [3.05, 3.63) is 24.3 Å². The van der Waals surface area contributed by atoms with Gasteiger partial charge in [-0.15, -0.1) is 0 Å². The van der Waals surface area contributed by atoms with Gasteiger partial charge < -0.3 is 5.11 Å². The van der Waals surface area contributed by atoms with Gasteiger partial charge in [0.05, 0.1) is 6.10 Å². The van der Waals surface area contributed by atoms with E-state index in [2.05, 4.69) is 18.2 Å². The molecule has 1 N–H and O–H groups in total. The number of fused-ring (bicyclic) bond motifs is 5. The second-order valence-electron chi connectivity index (χ2n) is 3.98. The summed E-state index contributed by atoms with van der Waals surface area (Å²) in [5.41, 5.74) is 0. The zero-order chi connectivity index (χ0) is 7.42. The van der Waals surface area contributed by atoms with Crippen LogP contribution in [0, 0.1) is 23.7 Å². The lowest BCUT2D eigenvalue weighted by Gasteiger charge is -2.22. The summed E-state index contributed by atoms with van der Waals surface area (Å²) in [6, 6.07) is 0. The van der Waals surface area contributed by atoms with Gasteiger partial charge in [-0.05, 0) is 24.2 Å². The van der Waals surface area contributed by atoms with Crippen LogP contribution in [0.3, 0.4) is 0 Å². The molecule has 0 aromatic heterocycles. The minimum atomic E-state index is -0.153. The zero-order valence-corrected chi connectivity index (χ0v) is 6.35. The molecule has 3 aliphatic carbocycles. The molecule has 0 radical (unpaired) electrons. The first-order valence-electron chi connectivity index (χ1n) is 4.41. The van der Waals surface area contributed by atoms with Crippen LogP contribution in [0.4, 0.5) is 0 Å². The van der Waals surface area contributed by atoms with Crippen molar-refractivity contribution in [1.29, 1.82) is 0 Å². The summed E-state index contributed by atoms with van der Waals surface area (Å²) in [4.78, 5) is 0. The molecule has 1 fully saturated rings. The fourth-order valence-corrected chi connectivity index (χ4v) is 3.02. The highest BCUT2D eigenvalue weighted by molar-refractivity contribution is 5.24. The molecular weight excluding hydrogens is 136 g/mol. The first kappa shape index (κ1) is 6.01. The first-order valence-corrected chi connectivity index (χ1v) is 4.41. The largest absolute Gasteiger partial charge is 0.389 e. The Hall–Kier alpha value is -0.560. The van der Waals surface area contributed by atoms with E-state index in [1.54, 1.807) is 0 Å². The summed E-state index contributed by atoms with van der Waals surface area (Å²) in [5.74, 6) is 2.62. The fraction of sp³-hybridized carbons (Fsp3) is 0.600. The van der Waals surface area contributed by atoms with Crippen LogP contribution in [-0.2, 0) is 0 Å². The van der Waals surface area contributed by atoms with Crippen LogP contribution in [0.5, 0.6) is 0 Å². The molecule has 58 valence electrons. The molecule has 0 spiro atoms. The second-order valence-corrected chi connectivity index (χ2v) is 3.98. The highest BCUT2D eigenvalue weighted by Crippen LogP contribution is 2.52. The third kappa shape index (κ3) is 0.603. The molecule has 0 aromatic carbocycles. The Bertz CT molecular complexity index is 241. The van der Waals surface area contributed by atoms with E-state index in [0.29, 0.717) is 17.8 Å². The minimum absolute atomic E-state index is 0.153. The van der Waals surface area contributed by atoms with Crippen LogP contribution in [0.15, 0.2) is 24.3 Å². The van der Waals surface area contributed by atoms with E-state index in [0.717, 1.165) is 5.92 Å². The van der Waals surface area contributed by atoms with E-state index in [9.17, 15) is 5.11 Å².